The minimum Gasteiger partial charge on any atom is -0.465 e. The van der Waals surface area contributed by atoms with E-state index in [1.165, 1.54) is 6.07 Å². The fourth-order valence-corrected chi connectivity index (χ4v) is 2.09. The van der Waals surface area contributed by atoms with E-state index >= 15 is 0 Å². The van der Waals surface area contributed by atoms with Crippen LogP contribution in [0, 0.1) is 17.2 Å². The van der Waals surface area contributed by atoms with Crippen molar-refractivity contribution >= 4 is 17.6 Å². The number of nitrogens with zero attached hydrogens (tertiary/aromatic N) is 1. The lowest BCUT2D eigenvalue weighted by atomic mass is 9.83. The van der Waals surface area contributed by atoms with Crippen molar-refractivity contribution in [2.75, 3.05) is 11.9 Å². The lowest BCUT2D eigenvalue weighted by Gasteiger charge is -2.24. The van der Waals surface area contributed by atoms with Gasteiger partial charge in [0.25, 0.3) is 5.91 Å². The molecule has 98 valence electrons. The van der Waals surface area contributed by atoms with E-state index in [0.29, 0.717) is 5.69 Å². The van der Waals surface area contributed by atoms with Crippen LogP contribution in [-0.4, -0.2) is 23.6 Å². The molecule has 0 radical (unpaired) electrons. The van der Waals surface area contributed by atoms with Crippen molar-refractivity contribution in [1.29, 1.82) is 5.26 Å². The number of nitrogens with one attached hydrogen (secondary N) is 1. The fourth-order valence-electron chi connectivity index (χ4n) is 2.09. The van der Waals surface area contributed by atoms with Crippen LogP contribution in [0.1, 0.15) is 12.5 Å². The summed E-state index contributed by atoms with van der Waals surface area (Å²) in [6.07, 6.45) is 0. The Kier molecular flexibility index (Phi) is 3.23. The molecule has 0 aliphatic carbocycles. The van der Waals surface area contributed by atoms with Crippen molar-refractivity contribution in [2.24, 2.45) is 5.92 Å². The summed E-state index contributed by atoms with van der Waals surface area (Å²) in [4.78, 5) is 23.7. The number of hydrogen-bond acceptors (Lipinski definition) is 5. The second-order valence-electron chi connectivity index (χ2n) is 4.08. The highest BCUT2D eigenvalue weighted by atomic mass is 16.5. The summed E-state index contributed by atoms with van der Waals surface area (Å²) in [5, 5.41) is 22.1. The summed E-state index contributed by atoms with van der Waals surface area (Å²) in [5.41, 5.74) is -1.61. The van der Waals surface area contributed by atoms with Crippen LogP contribution in [-0.2, 0) is 19.9 Å². The molecule has 1 heterocycles. The summed E-state index contributed by atoms with van der Waals surface area (Å²) in [7, 11) is 0. The maximum atomic E-state index is 11.9. The quantitative estimate of drug-likeness (QED) is 0.772. The summed E-state index contributed by atoms with van der Waals surface area (Å²) in [6.45, 7) is 1.65. The van der Waals surface area contributed by atoms with Crippen molar-refractivity contribution < 1.29 is 19.4 Å². The average Bonchev–Trinajstić information content (AvgIpc) is 2.64. The van der Waals surface area contributed by atoms with E-state index in [1.807, 2.05) is 0 Å². The maximum absolute atomic E-state index is 11.9. The van der Waals surface area contributed by atoms with E-state index in [9.17, 15) is 14.7 Å². The molecule has 0 saturated heterocycles. The molecule has 0 unspecified atom stereocenters. The zero-order chi connectivity index (χ0) is 14.0. The first-order valence-electron chi connectivity index (χ1n) is 5.75. The topological polar surface area (TPSA) is 99.4 Å². The Bertz CT molecular complexity index is 578. The number of aliphatic hydroxyl groups is 1. The third-order valence-corrected chi connectivity index (χ3v) is 3.00. The van der Waals surface area contributed by atoms with Gasteiger partial charge in [-0.3, -0.25) is 9.59 Å². The number of esters is 1. The van der Waals surface area contributed by atoms with Crippen LogP contribution in [0.4, 0.5) is 5.69 Å². The van der Waals surface area contributed by atoms with Gasteiger partial charge in [0.2, 0.25) is 0 Å². The van der Waals surface area contributed by atoms with E-state index in [1.54, 1.807) is 31.2 Å². The first-order valence-corrected chi connectivity index (χ1v) is 5.75. The molecule has 0 aromatic heterocycles. The van der Waals surface area contributed by atoms with Crippen LogP contribution in [0.5, 0.6) is 0 Å². The minimum absolute atomic E-state index is 0.0658. The van der Waals surface area contributed by atoms with Crippen molar-refractivity contribution in [1.82, 2.24) is 0 Å². The lowest BCUT2D eigenvalue weighted by molar-refractivity contribution is -0.160. The zero-order valence-corrected chi connectivity index (χ0v) is 10.2. The first kappa shape index (κ1) is 13.1. The molecule has 1 aromatic rings. The molecule has 0 bridgehead atoms. The first-order chi connectivity index (χ1) is 9.05. The van der Waals surface area contributed by atoms with E-state index in [0.717, 1.165) is 0 Å². The van der Waals surface area contributed by atoms with Gasteiger partial charge in [0.1, 0.15) is 0 Å². The fraction of sp³-hybridized carbons (Fsp3) is 0.308. The normalized spacial score (nSPS) is 22.1. The third kappa shape index (κ3) is 1.84. The smallest absolute Gasteiger partial charge is 0.327 e. The summed E-state index contributed by atoms with van der Waals surface area (Å²) < 4.78 is 4.73. The van der Waals surface area contributed by atoms with Gasteiger partial charge in [0, 0.05) is 11.3 Å². The monoisotopic (exact) mass is 260 g/mol. The number of benzene rings is 1. The number of carbonyl (C=O) groups excluding carboxylic acids is 2. The molecule has 6 nitrogen and oxygen atoms in total. The average molecular weight is 260 g/mol. The SMILES string of the molecule is CCOC(=O)[C@@H](C#N)[C@@]1(O)C(=O)Nc2ccccc21. The Morgan fingerprint density at radius 2 is 2.26 bits per heavy atom. The van der Waals surface area contributed by atoms with Crippen LogP contribution < -0.4 is 5.32 Å². The number of fused-ring (bicyclic) bond motifs is 1. The molecule has 0 spiro atoms. The van der Waals surface area contributed by atoms with Crippen molar-refractivity contribution in [3.05, 3.63) is 29.8 Å². The van der Waals surface area contributed by atoms with Gasteiger partial charge in [-0.2, -0.15) is 5.26 Å². The van der Waals surface area contributed by atoms with E-state index in [4.69, 9.17) is 10.00 Å². The second-order valence-corrected chi connectivity index (χ2v) is 4.08. The second kappa shape index (κ2) is 4.71. The standard InChI is InChI=1S/C13H12N2O4/c1-2-19-11(16)9(7-14)13(18)8-5-3-4-6-10(8)15-12(13)17/h3-6,9,18H,2H2,1H3,(H,15,17)/t9-,13-/m1/s1. The van der Waals surface area contributed by atoms with Gasteiger partial charge < -0.3 is 15.2 Å². The Balaban J connectivity index is 2.50. The van der Waals surface area contributed by atoms with Crippen LogP contribution >= 0.6 is 0 Å². The Hall–Kier alpha value is -2.39. The van der Waals surface area contributed by atoms with E-state index in [-0.39, 0.29) is 12.2 Å². The molecule has 0 fully saturated rings. The number of hydrogen-bond donors (Lipinski definition) is 2. The Labute approximate surface area is 109 Å². The van der Waals surface area contributed by atoms with Crippen molar-refractivity contribution in [3.63, 3.8) is 0 Å². The molecule has 0 saturated carbocycles. The number of anilines is 1. The summed E-state index contributed by atoms with van der Waals surface area (Å²) >= 11 is 0. The number of carbonyl (C=O) groups is 2. The Morgan fingerprint density at radius 1 is 1.58 bits per heavy atom. The van der Waals surface area contributed by atoms with Gasteiger partial charge in [-0.1, -0.05) is 18.2 Å². The molecular formula is C13H12N2O4. The van der Waals surface area contributed by atoms with Gasteiger partial charge in [-0.25, -0.2) is 0 Å². The number of amides is 1. The largest absolute Gasteiger partial charge is 0.465 e. The van der Waals surface area contributed by atoms with Crippen molar-refractivity contribution in [3.8, 4) is 6.07 Å². The molecular weight excluding hydrogens is 248 g/mol. The van der Waals surface area contributed by atoms with Gasteiger partial charge >= 0.3 is 5.97 Å². The Morgan fingerprint density at radius 3 is 2.89 bits per heavy atom. The van der Waals surface area contributed by atoms with Crippen LogP contribution in [0.3, 0.4) is 0 Å². The van der Waals surface area contributed by atoms with Gasteiger partial charge in [-0.05, 0) is 13.0 Å². The van der Waals surface area contributed by atoms with Gasteiger partial charge in [0.15, 0.2) is 11.5 Å². The van der Waals surface area contributed by atoms with Crippen molar-refractivity contribution in [2.45, 2.75) is 12.5 Å². The molecule has 19 heavy (non-hydrogen) atoms. The lowest BCUT2D eigenvalue weighted by Crippen LogP contribution is -2.45. The number of ether oxygens (including phenoxy) is 1. The molecule has 1 aliphatic heterocycles. The highest BCUT2D eigenvalue weighted by molar-refractivity contribution is 6.07. The highest BCUT2D eigenvalue weighted by Crippen LogP contribution is 2.41. The maximum Gasteiger partial charge on any atom is 0.327 e. The third-order valence-electron chi connectivity index (χ3n) is 3.00. The van der Waals surface area contributed by atoms with E-state index < -0.39 is 23.4 Å². The molecule has 2 rings (SSSR count). The summed E-state index contributed by atoms with van der Waals surface area (Å²) in [6, 6.07) is 8.03. The molecule has 2 N–H and O–H groups in total. The van der Waals surface area contributed by atoms with Crippen LogP contribution in [0.2, 0.25) is 0 Å². The molecule has 1 aromatic carbocycles. The number of nitriles is 1. The zero-order valence-electron chi connectivity index (χ0n) is 10.2. The molecule has 1 aliphatic rings. The summed E-state index contributed by atoms with van der Waals surface area (Å²) in [5.74, 6) is -3.32. The molecule has 2 atom stereocenters. The predicted molar refractivity (Wildman–Crippen MR) is 64.7 cm³/mol. The minimum atomic E-state index is -2.21. The van der Waals surface area contributed by atoms with E-state index in [2.05, 4.69) is 5.32 Å². The number of rotatable bonds is 3. The van der Waals surface area contributed by atoms with Crippen LogP contribution in [0.25, 0.3) is 0 Å². The highest BCUT2D eigenvalue weighted by Gasteiger charge is 2.55. The number of para-hydroxylation sites is 1. The predicted octanol–water partition coefficient (Wildman–Crippen LogP) is 0.529. The van der Waals surface area contributed by atoms with Crippen LogP contribution in [0.15, 0.2) is 24.3 Å². The molecule has 1 amide bonds. The molecule has 6 heteroatoms. The van der Waals surface area contributed by atoms with Gasteiger partial charge in [0.05, 0.1) is 12.7 Å². The van der Waals surface area contributed by atoms with Gasteiger partial charge in [-0.15, -0.1) is 0 Å².